The number of nitrogens with zero attached hydrogens (tertiary/aromatic N) is 3. The van der Waals surface area contributed by atoms with Crippen molar-refractivity contribution in [3.63, 3.8) is 0 Å². The molecule has 2 rings (SSSR count). The van der Waals surface area contributed by atoms with Gasteiger partial charge in [-0.25, -0.2) is 9.97 Å². The monoisotopic (exact) mass is 265 g/mol. The molecule has 0 bridgehead atoms. The van der Waals surface area contributed by atoms with Crippen LogP contribution >= 0.6 is 11.6 Å². The number of ether oxygens (including phenoxy) is 1. The van der Waals surface area contributed by atoms with E-state index in [0.29, 0.717) is 18.2 Å². The third kappa shape index (κ3) is 2.68. The Kier molecular flexibility index (Phi) is 3.62. The number of rotatable bonds is 3. The molecule has 0 saturated heterocycles. The highest BCUT2D eigenvalue weighted by Crippen LogP contribution is 2.08. The number of halogens is 1. The van der Waals surface area contributed by atoms with Gasteiger partial charge in [-0.1, -0.05) is 17.7 Å². The zero-order chi connectivity index (χ0) is 13.1. The highest BCUT2D eigenvalue weighted by Gasteiger charge is 2.06. The van der Waals surface area contributed by atoms with Crippen LogP contribution in [-0.4, -0.2) is 21.6 Å². The van der Waals surface area contributed by atoms with E-state index in [-0.39, 0.29) is 10.7 Å². The van der Waals surface area contributed by atoms with Crippen LogP contribution in [0, 0.1) is 6.92 Å². The number of hydrogen-bond donors (Lipinski definition) is 0. The van der Waals surface area contributed by atoms with E-state index in [1.54, 1.807) is 20.1 Å². The average Bonchev–Trinajstić information content (AvgIpc) is 2.34. The van der Waals surface area contributed by atoms with E-state index in [1.807, 2.05) is 12.1 Å². The minimum absolute atomic E-state index is 0.197. The summed E-state index contributed by atoms with van der Waals surface area (Å²) < 4.78 is 6.54. The second-order valence-electron chi connectivity index (χ2n) is 3.72. The van der Waals surface area contributed by atoms with Gasteiger partial charge in [0.05, 0.1) is 19.3 Å². The first kappa shape index (κ1) is 12.6. The average molecular weight is 266 g/mol. The molecule has 6 heteroatoms. The topological polar surface area (TPSA) is 57.0 Å². The molecule has 0 spiro atoms. The lowest BCUT2D eigenvalue weighted by atomic mass is 10.3. The first-order valence-electron chi connectivity index (χ1n) is 5.34. The lowest BCUT2D eigenvalue weighted by Gasteiger charge is -2.09. The summed E-state index contributed by atoms with van der Waals surface area (Å²) in [6.45, 7) is 2.07. The van der Waals surface area contributed by atoms with E-state index in [0.717, 1.165) is 5.69 Å². The van der Waals surface area contributed by atoms with Crippen molar-refractivity contribution in [2.24, 2.45) is 0 Å². The van der Waals surface area contributed by atoms with E-state index in [2.05, 4.69) is 9.97 Å². The summed E-state index contributed by atoms with van der Waals surface area (Å²) in [7, 11) is 1.55. The van der Waals surface area contributed by atoms with Gasteiger partial charge in [0.25, 0.3) is 5.56 Å². The quantitative estimate of drug-likeness (QED) is 0.792. The van der Waals surface area contributed by atoms with Crippen LogP contribution in [0.15, 0.2) is 29.1 Å². The Morgan fingerprint density at radius 3 is 2.83 bits per heavy atom. The molecule has 0 aliphatic rings. The van der Waals surface area contributed by atoms with Crippen molar-refractivity contribution in [3.05, 3.63) is 51.3 Å². The maximum absolute atomic E-state index is 11.8. The molecule has 18 heavy (non-hydrogen) atoms. The summed E-state index contributed by atoms with van der Waals surface area (Å²) >= 11 is 5.71. The number of pyridine rings is 1. The second kappa shape index (κ2) is 5.18. The summed E-state index contributed by atoms with van der Waals surface area (Å²) in [5.41, 5.74) is 0.529. The SMILES string of the molecule is COc1cccc(Cn2c(C)nc(Cl)cc2=O)n1. The van der Waals surface area contributed by atoms with Crippen molar-refractivity contribution in [1.82, 2.24) is 14.5 Å². The van der Waals surface area contributed by atoms with E-state index in [1.165, 1.54) is 10.6 Å². The standard InChI is InChI=1S/C12H12ClN3O2/c1-8-14-10(13)6-12(17)16(8)7-9-4-3-5-11(15-9)18-2/h3-6H,7H2,1-2H3. The third-order valence-electron chi connectivity index (χ3n) is 2.48. The summed E-state index contributed by atoms with van der Waals surface area (Å²) in [5.74, 6) is 1.07. The molecule has 0 aliphatic heterocycles. The van der Waals surface area contributed by atoms with Crippen molar-refractivity contribution in [2.75, 3.05) is 7.11 Å². The second-order valence-corrected chi connectivity index (χ2v) is 4.11. The lowest BCUT2D eigenvalue weighted by molar-refractivity contribution is 0.395. The van der Waals surface area contributed by atoms with Crippen LogP contribution in [0.2, 0.25) is 5.15 Å². The Morgan fingerprint density at radius 2 is 2.17 bits per heavy atom. The van der Waals surface area contributed by atoms with Gasteiger partial charge < -0.3 is 4.74 Å². The van der Waals surface area contributed by atoms with Crippen LogP contribution < -0.4 is 10.3 Å². The van der Waals surface area contributed by atoms with Crippen LogP contribution in [-0.2, 0) is 6.54 Å². The number of aromatic nitrogens is 3. The fourth-order valence-corrected chi connectivity index (χ4v) is 1.82. The van der Waals surface area contributed by atoms with Gasteiger partial charge in [0.1, 0.15) is 11.0 Å². The number of hydrogen-bond acceptors (Lipinski definition) is 4. The molecule has 0 atom stereocenters. The van der Waals surface area contributed by atoms with Gasteiger partial charge in [-0.3, -0.25) is 9.36 Å². The van der Waals surface area contributed by atoms with Crippen LogP contribution in [0.1, 0.15) is 11.5 Å². The van der Waals surface area contributed by atoms with Crippen LogP contribution in [0.4, 0.5) is 0 Å². The molecule has 0 amide bonds. The molecule has 94 valence electrons. The van der Waals surface area contributed by atoms with E-state index in [9.17, 15) is 4.79 Å². The largest absolute Gasteiger partial charge is 0.481 e. The zero-order valence-corrected chi connectivity index (χ0v) is 10.8. The molecule has 0 aliphatic carbocycles. The molecule has 0 radical (unpaired) electrons. The molecule has 2 heterocycles. The minimum Gasteiger partial charge on any atom is -0.481 e. The summed E-state index contributed by atoms with van der Waals surface area (Å²) in [5, 5.41) is 0.201. The fraction of sp³-hybridized carbons (Fsp3) is 0.250. The first-order valence-corrected chi connectivity index (χ1v) is 5.72. The van der Waals surface area contributed by atoms with Gasteiger partial charge in [-0.05, 0) is 13.0 Å². The molecular formula is C12H12ClN3O2. The van der Waals surface area contributed by atoms with Gasteiger partial charge in [0.2, 0.25) is 5.88 Å². The number of methoxy groups -OCH3 is 1. The highest BCUT2D eigenvalue weighted by atomic mass is 35.5. The van der Waals surface area contributed by atoms with Crippen LogP contribution in [0.3, 0.4) is 0 Å². The lowest BCUT2D eigenvalue weighted by Crippen LogP contribution is -2.23. The third-order valence-corrected chi connectivity index (χ3v) is 2.67. The highest BCUT2D eigenvalue weighted by molar-refractivity contribution is 6.29. The van der Waals surface area contributed by atoms with Gasteiger partial charge in [-0.15, -0.1) is 0 Å². The minimum atomic E-state index is -0.197. The van der Waals surface area contributed by atoms with Gasteiger partial charge >= 0.3 is 0 Å². The Balaban J connectivity index is 2.37. The molecule has 0 N–H and O–H groups in total. The van der Waals surface area contributed by atoms with Crippen molar-refractivity contribution in [1.29, 1.82) is 0 Å². The number of aryl methyl sites for hydroxylation is 1. The smallest absolute Gasteiger partial charge is 0.255 e. The molecule has 2 aromatic rings. The zero-order valence-electron chi connectivity index (χ0n) is 10.1. The molecule has 5 nitrogen and oxygen atoms in total. The Labute approximate surface area is 109 Å². The first-order chi connectivity index (χ1) is 8.60. The van der Waals surface area contributed by atoms with Gasteiger partial charge in [0.15, 0.2) is 0 Å². The maximum atomic E-state index is 11.8. The van der Waals surface area contributed by atoms with Crippen molar-refractivity contribution in [2.45, 2.75) is 13.5 Å². The van der Waals surface area contributed by atoms with Crippen LogP contribution in [0.25, 0.3) is 0 Å². The molecule has 0 fully saturated rings. The van der Waals surface area contributed by atoms with Crippen molar-refractivity contribution in [3.8, 4) is 5.88 Å². The van der Waals surface area contributed by atoms with Gasteiger partial charge in [-0.2, -0.15) is 0 Å². The Bertz CT molecular complexity index is 625. The summed E-state index contributed by atoms with van der Waals surface area (Å²) in [6, 6.07) is 6.68. The van der Waals surface area contributed by atoms with Crippen molar-refractivity contribution < 1.29 is 4.74 Å². The van der Waals surface area contributed by atoms with Gasteiger partial charge in [0, 0.05) is 12.1 Å². The Morgan fingerprint density at radius 1 is 1.39 bits per heavy atom. The summed E-state index contributed by atoms with van der Waals surface area (Å²) in [6.07, 6.45) is 0. The summed E-state index contributed by atoms with van der Waals surface area (Å²) in [4.78, 5) is 20.1. The van der Waals surface area contributed by atoms with E-state index < -0.39 is 0 Å². The Hall–Kier alpha value is -1.88. The van der Waals surface area contributed by atoms with E-state index >= 15 is 0 Å². The van der Waals surface area contributed by atoms with Crippen LogP contribution in [0.5, 0.6) is 5.88 Å². The molecule has 0 unspecified atom stereocenters. The maximum Gasteiger partial charge on any atom is 0.255 e. The normalized spacial score (nSPS) is 10.4. The molecule has 0 saturated carbocycles. The van der Waals surface area contributed by atoms with Crippen molar-refractivity contribution >= 4 is 11.6 Å². The predicted molar refractivity (Wildman–Crippen MR) is 68.1 cm³/mol. The molecular weight excluding hydrogens is 254 g/mol. The molecule has 2 aromatic heterocycles. The molecule has 0 aromatic carbocycles. The fourth-order valence-electron chi connectivity index (χ4n) is 1.60. The predicted octanol–water partition coefficient (Wildman–Crippen LogP) is 1.66. The van der Waals surface area contributed by atoms with E-state index in [4.69, 9.17) is 16.3 Å².